The zero-order chi connectivity index (χ0) is 10.8. The van der Waals surface area contributed by atoms with Gasteiger partial charge in [0.25, 0.3) is 0 Å². The van der Waals surface area contributed by atoms with E-state index >= 15 is 0 Å². The van der Waals surface area contributed by atoms with Gasteiger partial charge in [0.1, 0.15) is 0 Å². The van der Waals surface area contributed by atoms with Crippen LogP contribution in [-0.4, -0.2) is 26.3 Å². The van der Waals surface area contributed by atoms with E-state index in [0.717, 1.165) is 32.2 Å². The monoisotopic (exact) mass is 211 g/mol. The van der Waals surface area contributed by atoms with Crippen LogP contribution in [0.25, 0.3) is 0 Å². The van der Waals surface area contributed by atoms with Gasteiger partial charge in [-0.15, -0.1) is 0 Å². The zero-order valence-electron chi connectivity index (χ0n) is 10.0. The van der Waals surface area contributed by atoms with Crippen LogP contribution in [0.1, 0.15) is 39.0 Å². The molecule has 1 aliphatic heterocycles. The van der Waals surface area contributed by atoms with Crippen molar-refractivity contribution < 1.29 is 4.74 Å². The van der Waals surface area contributed by atoms with Crippen molar-refractivity contribution in [2.24, 2.45) is 5.92 Å². The summed E-state index contributed by atoms with van der Waals surface area (Å²) in [5, 5.41) is 3.40. The van der Waals surface area contributed by atoms with Crippen LogP contribution in [0.15, 0.2) is 12.2 Å². The Morgan fingerprint density at radius 2 is 2.00 bits per heavy atom. The van der Waals surface area contributed by atoms with Crippen molar-refractivity contribution >= 4 is 0 Å². The minimum absolute atomic E-state index is 0.874. The summed E-state index contributed by atoms with van der Waals surface area (Å²) in [5.74, 6) is 0.874. The van der Waals surface area contributed by atoms with Gasteiger partial charge in [0.2, 0.25) is 0 Å². The van der Waals surface area contributed by atoms with Crippen LogP contribution in [0.2, 0.25) is 0 Å². The highest BCUT2D eigenvalue weighted by atomic mass is 16.5. The summed E-state index contributed by atoms with van der Waals surface area (Å²) >= 11 is 0. The predicted octanol–water partition coefficient (Wildman–Crippen LogP) is 2.75. The van der Waals surface area contributed by atoms with Crippen molar-refractivity contribution in [2.45, 2.75) is 39.0 Å². The van der Waals surface area contributed by atoms with Crippen molar-refractivity contribution in [1.82, 2.24) is 5.32 Å². The lowest BCUT2D eigenvalue weighted by Gasteiger charge is -2.20. The van der Waals surface area contributed by atoms with E-state index in [1.54, 1.807) is 0 Å². The summed E-state index contributed by atoms with van der Waals surface area (Å²) < 4.78 is 5.34. The molecular weight excluding hydrogens is 186 g/mol. The van der Waals surface area contributed by atoms with Gasteiger partial charge in [0.15, 0.2) is 0 Å². The van der Waals surface area contributed by atoms with Crippen molar-refractivity contribution in [3.8, 4) is 0 Å². The average Bonchev–Trinajstić information content (AvgIpc) is 2.29. The molecule has 0 spiro atoms. The van der Waals surface area contributed by atoms with E-state index < -0.39 is 0 Å². The molecule has 2 heteroatoms. The summed E-state index contributed by atoms with van der Waals surface area (Å²) in [5.41, 5.74) is 0. The van der Waals surface area contributed by atoms with Crippen LogP contribution in [0.5, 0.6) is 0 Å². The molecule has 0 atom stereocenters. The smallest absolute Gasteiger partial charge is 0.0468 e. The maximum atomic E-state index is 5.34. The second-order valence-corrected chi connectivity index (χ2v) is 4.30. The van der Waals surface area contributed by atoms with Crippen molar-refractivity contribution in [2.75, 3.05) is 26.3 Å². The second-order valence-electron chi connectivity index (χ2n) is 4.30. The van der Waals surface area contributed by atoms with Crippen LogP contribution in [0, 0.1) is 5.92 Å². The zero-order valence-corrected chi connectivity index (χ0v) is 10.0. The van der Waals surface area contributed by atoms with E-state index in [0.29, 0.717) is 0 Å². The summed E-state index contributed by atoms with van der Waals surface area (Å²) in [4.78, 5) is 0. The standard InChI is InChI=1S/C13H25NO/c1-2-9-14-10-5-3-4-6-13-7-11-15-12-8-13/h3-4,13-14H,2,5-12H2,1H3. The molecule has 1 saturated heterocycles. The molecule has 15 heavy (non-hydrogen) atoms. The molecule has 0 bridgehead atoms. The van der Waals surface area contributed by atoms with Gasteiger partial charge in [0, 0.05) is 13.2 Å². The molecule has 0 aromatic carbocycles. The topological polar surface area (TPSA) is 21.3 Å². The predicted molar refractivity (Wildman–Crippen MR) is 65.1 cm³/mol. The van der Waals surface area contributed by atoms with Gasteiger partial charge < -0.3 is 10.1 Å². The van der Waals surface area contributed by atoms with Crippen LogP contribution in [0.4, 0.5) is 0 Å². The number of ether oxygens (including phenoxy) is 1. The molecule has 0 aromatic heterocycles. The largest absolute Gasteiger partial charge is 0.381 e. The maximum absolute atomic E-state index is 5.34. The molecule has 0 radical (unpaired) electrons. The van der Waals surface area contributed by atoms with Gasteiger partial charge in [-0.1, -0.05) is 19.1 Å². The molecule has 1 heterocycles. The number of nitrogens with one attached hydrogen (secondary N) is 1. The summed E-state index contributed by atoms with van der Waals surface area (Å²) in [6.45, 7) is 6.41. The van der Waals surface area contributed by atoms with Crippen molar-refractivity contribution in [3.63, 3.8) is 0 Å². The molecule has 0 unspecified atom stereocenters. The van der Waals surface area contributed by atoms with E-state index in [9.17, 15) is 0 Å². The Bertz CT molecular complexity index is 162. The Morgan fingerprint density at radius 3 is 2.73 bits per heavy atom. The van der Waals surface area contributed by atoms with Gasteiger partial charge in [-0.05, 0) is 51.1 Å². The Morgan fingerprint density at radius 1 is 1.20 bits per heavy atom. The van der Waals surface area contributed by atoms with Gasteiger partial charge >= 0.3 is 0 Å². The number of allylic oxidation sites excluding steroid dienone is 1. The molecule has 1 rings (SSSR count). The molecule has 2 nitrogen and oxygen atoms in total. The van der Waals surface area contributed by atoms with E-state index in [4.69, 9.17) is 4.74 Å². The molecule has 0 aromatic rings. The first-order valence-corrected chi connectivity index (χ1v) is 6.37. The first-order chi connectivity index (χ1) is 7.43. The Labute approximate surface area is 94.1 Å². The quantitative estimate of drug-likeness (QED) is 0.516. The highest BCUT2D eigenvalue weighted by molar-refractivity contribution is 4.85. The number of hydrogen-bond donors (Lipinski definition) is 1. The highest BCUT2D eigenvalue weighted by Gasteiger charge is 2.11. The Hall–Kier alpha value is -0.340. The van der Waals surface area contributed by atoms with Crippen LogP contribution in [-0.2, 0) is 4.74 Å². The first kappa shape index (κ1) is 12.7. The third-order valence-corrected chi connectivity index (χ3v) is 2.89. The van der Waals surface area contributed by atoms with Crippen LogP contribution in [0.3, 0.4) is 0 Å². The SMILES string of the molecule is CCCNCCC=CCC1CCOCC1. The molecule has 0 saturated carbocycles. The number of rotatable bonds is 7. The maximum Gasteiger partial charge on any atom is 0.0468 e. The van der Waals surface area contributed by atoms with Crippen molar-refractivity contribution in [3.05, 3.63) is 12.2 Å². The number of hydrogen-bond acceptors (Lipinski definition) is 2. The van der Waals surface area contributed by atoms with E-state index in [1.807, 2.05) is 0 Å². The second kappa shape index (κ2) is 8.93. The van der Waals surface area contributed by atoms with Crippen molar-refractivity contribution in [1.29, 1.82) is 0 Å². The van der Waals surface area contributed by atoms with Gasteiger partial charge in [-0.25, -0.2) is 0 Å². The van der Waals surface area contributed by atoms with E-state index in [-0.39, 0.29) is 0 Å². The molecule has 1 aliphatic rings. The molecule has 88 valence electrons. The minimum Gasteiger partial charge on any atom is -0.381 e. The lowest BCUT2D eigenvalue weighted by Crippen LogP contribution is -2.15. The highest BCUT2D eigenvalue weighted by Crippen LogP contribution is 2.18. The minimum atomic E-state index is 0.874. The molecular formula is C13H25NO. The fourth-order valence-electron chi connectivity index (χ4n) is 1.88. The lowest BCUT2D eigenvalue weighted by molar-refractivity contribution is 0.0672. The third kappa shape index (κ3) is 6.69. The third-order valence-electron chi connectivity index (χ3n) is 2.89. The summed E-state index contributed by atoms with van der Waals surface area (Å²) in [6, 6.07) is 0. The Kier molecular flexibility index (Phi) is 7.58. The van der Waals surface area contributed by atoms with E-state index in [2.05, 4.69) is 24.4 Å². The van der Waals surface area contributed by atoms with Crippen LogP contribution < -0.4 is 5.32 Å². The summed E-state index contributed by atoms with van der Waals surface area (Å²) in [6.07, 6.45) is 10.8. The van der Waals surface area contributed by atoms with Gasteiger partial charge in [0.05, 0.1) is 0 Å². The van der Waals surface area contributed by atoms with Gasteiger partial charge in [-0.3, -0.25) is 0 Å². The van der Waals surface area contributed by atoms with E-state index in [1.165, 1.54) is 32.1 Å². The molecule has 1 N–H and O–H groups in total. The molecule has 1 fully saturated rings. The lowest BCUT2D eigenvalue weighted by atomic mass is 9.96. The van der Waals surface area contributed by atoms with Gasteiger partial charge in [-0.2, -0.15) is 0 Å². The summed E-state index contributed by atoms with van der Waals surface area (Å²) in [7, 11) is 0. The fraction of sp³-hybridized carbons (Fsp3) is 0.846. The Balaban J connectivity index is 1.91. The first-order valence-electron chi connectivity index (χ1n) is 6.37. The average molecular weight is 211 g/mol. The molecule has 0 amide bonds. The normalized spacial score (nSPS) is 18.7. The molecule has 0 aliphatic carbocycles. The van der Waals surface area contributed by atoms with Crippen LogP contribution >= 0.6 is 0 Å². The fourth-order valence-corrected chi connectivity index (χ4v) is 1.88.